The molecule has 2 N–H and O–H groups in total. The standard InChI is InChI=1S/C12H16N2O.ClH/c15-12(14-11-6-7-13-9-11)8-10-4-2-1-3-5-10;/h1-5,11,13H,6-9H2,(H,14,15);1H. The maximum atomic E-state index is 11.6. The monoisotopic (exact) mass is 240 g/mol. The van der Waals surface area contributed by atoms with E-state index in [1.54, 1.807) is 0 Å². The molecule has 0 radical (unpaired) electrons. The molecule has 1 saturated heterocycles. The number of hydrogen-bond acceptors (Lipinski definition) is 2. The molecule has 1 atom stereocenters. The maximum absolute atomic E-state index is 11.6. The lowest BCUT2D eigenvalue weighted by Crippen LogP contribution is -2.37. The van der Waals surface area contributed by atoms with Crippen molar-refractivity contribution in [3.8, 4) is 0 Å². The van der Waals surface area contributed by atoms with Crippen LogP contribution in [0, 0.1) is 0 Å². The van der Waals surface area contributed by atoms with Crippen LogP contribution in [0.3, 0.4) is 0 Å². The zero-order valence-corrected chi connectivity index (χ0v) is 9.93. The van der Waals surface area contributed by atoms with E-state index in [0.29, 0.717) is 12.5 Å². The minimum atomic E-state index is 0. The number of carbonyl (C=O) groups excluding carboxylic acids is 1. The summed E-state index contributed by atoms with van der Waals surface area (Å²) in [5.74, 6) is 0.120. The third-order valence-electron chi connectivity index (χ3n) is 2.63. The SMILES string of the molecule is Cl.O=C(Cc1ccccc1)NC1CCNC1. The molecule has 1 amide bonds. The zero-order chi connectivity index (χ0) is 10.5. The van der Waals surface area contributed by atoms with Crippen LogP contribution >= 0.6 is 12.4 Å². The predicted molar refractivity (Wildman–Crippen MR) is 66.8 cm³/mol. The van der Waals surface area contributed by atoms with Gasteiger partial charge in [0.15, 0.2) is 0 Å². The highest BCUT2D eigenvalue weighted by atomic mass is 35.5. The van der Waals surface area contributed by atoms with Crippen LogP contribution in [0.15, 0.2) is 30.3 Å². The third kappa shape index (κ3) is 3.83. The van der Waals surface area contributed by atoms with E-state index >= 15 is 0 Å². The van der Waals surface area contributed by atoms with Crippen molar-refractivity contribution in [2.24, 2.45) is 0 Å². The molecule has 1 unspecified atom stereocenters. The van der Waals surface area contributed by atoms with Gasteiger partial charge in [-0.15, -0.1) is 12.4 Å². The number of halogens is 1. The van der Waals surface area contributed by atoms with Crippen molar-refractivity contribution in [2.45, 2.75) is 18.9 Å². The van der Waals surface area contributed by atoms with Gasteiger partial charge in [-0.1, -0.05) is 30.3 Å². The summed E-state index contributed by atoms with van der Waals surface area (Å²) in [5, 5.41) is 6.25. The molecule has 2 rings (SSSR count). The first-order valence-electron chi connectivity index (χ1n) is 5.38. The molecule has 1 aliphatic heterocycles. The van der Waals surface area contributed by atoms with E-state index in [4.69, 9.17) is 0 Å². The highest BCUT2D eigenvalue weighted by molar-refractivity contribution is 5.85. The lowest BCUT2D eigenvalue weighted by Gasteiger charge is -2.10. The van der Waals surface area contributed by atoms with Crippen molar-refractivity contribution in [3.05, 3.63) is 35.9 Å². The molecule has 4 heteroatoms. The molecule has 0 aromatic heterocycles. The highest BCUT2D eigenvalue weighted by Crippen LogP contribution is 2.01. The predicted octanol–water partition coefficient (Wildman–Crippen LogP) is 1.13. The molecule has 0 bridgehead atoms. The Morgan fingerprint density at radius 2 is 2.12 bits per heavy atom. The Balaban J connectivity index is 0.00000128. The van der Waals surface area contributed by atoms with Crippen molar-refractivity contribution in [1.82, 2.24) is 10.6 Å². The van der Waals surface area contributed by atoms with Crippen LogP contribution in [-0.2, 0) is 11.2 Å². The summed E-state index contributed by atoms with van der Waals surface area (Å²) in [7, 11) is 0. The summed E-state index contributed by atoms with van der Waals surface area (Å²) < 4.78 is 0. The Labute approximate surface area is 102 Å². The van der Waals surface area contributed by atoms with E-state index in [9.17, 15) is 4.79 Å². The first-order valence-corrected chi connectivity index (χ1v) is 5.38. The highest BCUT2D eigenvalue weighted by Gasteiger charge is 2.16. The van der Waals surface area contributed by atoms with Crippen LogP contribution in [0.5, 0.6) is 0 Å². The van der Waals surface area contributed by atoms with E-state index in [0.717, 1.165) is 25.1 Å². The van der Waals surface area contributed by atoms with E-state index < -0.39 is 0 Å². The Morgan fingerprint density at radius 3 is 2.75 bits per heavy atom. The van der Waals surface area contributed by atoms with Gasteiger partial charge in [-0.25, -0.2) is 0 Å². The van der Waals surface area contributed by atoms with Gasteiger partial charge in [0, 0.05) is 12.6 Å². The molecule has 1 aromatic carbocycles. The summed E-state index contributed by atoms with van der Waals surface area (Å²) >= 11 is 0. The molecule has 1 aliphatic rings. The van der Waals surface area contributed by atoms with Gasteiger partial charge in [0.05, 0.1) is 6.42 Å². The maximum Gasteiger partial charge on any atom is 0.224 e. The molecule has 16 heavy (non-hydrogen) atoms. The number of carbonyl (C=O) groups is 1. The van der Waals surface area contributed by atoms with Gasteiger partial charge in [-0.2, -0.15) is 0 Å². The summed E-state index contributed by atoms with van der Waals surface area (Å²) in [6.07, 6.45) is 1.53. The molecule has 88 valence electrons. The Hall–Kier alpha value is -1.06. The van der Waals surface area contributed by atoms with E-state index in [-0.39, 0.29) is 18.3 Å². The lowest BCUT2D eigenvalue weighted by atomic mass is 10.1. The molecule has 0 aliphatic carbocycles. The van der Waals surface area contributed by atoms with E-state index in [1.807, 2.05) is 30.3 Å². The Morgan fingerprint density at radius 1 is 1.38 bits per heavy atom. The van der Waals surface area contributed by atoms with Crippen LogP contribution < -0.4 is 10.6 Å². The molecule has 1 heterocycles. The van der Waals surface area contributed by atoms with Crippen molar-refractivity contribution in [3.63, 3.8) is 0 Å². The minimum absolute atomic E-state index is 0. The van der Waals surface area contributed by atoms with Crippen LogP contribution in [0.2, 0.25) is 0 Å². The van der Waals surface area contributed by atoms with Crippen LogP contribution in [-0.4, -0.2) is 25.0 Å². The summed E-state index contributed by atoms with van der Waals surface area (Å²) in [6.45, 7) is 1.91. The van der Waals surface area contributed by atoms with Gasteiger partial charge in [0.1, 0.15) is 0 Å². The largest absolute Gasteiger partial charge is 0.352 e. The molecule has 0 saturated carbocycles. The fraction of sp³-hybridized carbons (Fsp3) is 0.417. The lowest BCUT2D eigenvalue weighted by molar-refractivity contribution is -0.121. The molecule has 1 aromatic rings. The summed E-state index contributed by atoms with van der Waals surface area (Å²) in [5.41, 5.74) is 1.07. The Kier molecular flexibility index (Phi) is 5.29. The average molecular weight is 241 g/mol. The summed E-state index contributed by atoms with van der Waals surface area (Å²) in [6, 6.07) is 10.2. The smallest absolute Gasteiger partial charge is 0.224 e. The van der Waals surface area contributed by atoms with Crippen molar-refractivity contribution in [1.29, 1.82) is 0 Å². The molecule has 3 nitrogen and oxygen atoms in total. The van der Waals surface area contributed by atoms with E-state index in [1.165, 1.54) is 0 Å². The first kappa shape index (κ1) is 13.0. The topological polar surface area (TPSA) is 41.1 Å². The van der Waals surface area contributed by atoms with Gasteiger partial charge in [0.25, 0.3) is 0 Å². The minimum Gasteiger partial charge on any atom is -0.352 e. The fourth-order valence-electron chi connectivity index (χ4n) is 1.84. The molecule has 1 fully saturated rings. The fourth-order valence-corrected chi connectivity index (χ4v) is 1.84. The van der Waals surface area contributed by atoms with Gasteiger partial charge >= 0.3 is 0 Å². The summed E-state index contributed by atoms with van der Waals surface area (Å²) in [4.78, 5) is 11.6. The number of amides is 1. The van der Waals surface area contributed by atoms with Crippen molar-refractivity contribution >= 4 is 18.3 Å². The number of benzene rings is 1. The number of rotatable bonds is 3. The normalized spacial score (nSPS) is 18.9. The number of nitrogens with one attached hydrogen (secondary N) is 2. The van der Waals surface area contributed by atoms with Crippen LogP contribution in [0.1, 0.15) is 12.0 Å². The van der Waals surface area contributed by atoms with Crippen molar-refractivity contribution < 1.29 is 4.79 Å². The van der Waals surface area contributed by atoms with E-state index in [2.05, 4.69) is 10.6 Å². The average Bonchev–Trinajstić information content (AvgIpc) is 2.71. The van der Waals surface area contributed by atoms with Crippen LogP contribution in [0.25, 0.3) is 0 Å². The number of hydrogen-bond donors (Lipinski definition) is 2. The van der Waals surface area contributed by atoms with Crippen LogP contribution in [0.4, 0.5) is 0 Å². The van der Waals surface area contributed by atoms with Gasteiger partial charge in [-0.05, 0) is 18.5 Å². The van der Waals surface area contributed by atoms with Crippen molar-refractivity contribution in [2.75, 3.05) is 13.1 Å². The second-order valence-electron chi connectivity index (χ2n) is 3.92. The molecular formula is C12H17ClN2O. The van der Waals surface area contributed by atoms with Gasteiger partial charge < -0.3 is 10.6 Å². The Bertz CT molecular complexity index is 323. The second kappa shape index (κ2) is 6.51. The third-order valence-corrected chi connectivity index (χ3v) is 2.63. The zero-order valence-electron chi connectivity index (χ0n) is 9.11. The molecular weight excluding hydrogens is 224 g/mol. The first-order chi connectivity index (χ1) is 7.34. The van der Waals surface area contributed by atoms with Gasteiger partial charge in [-0.3, -0.25) is 4.79 Å². The second-order valence-corrected chi connectivity index (χ2v) is 3.92. The van der Waals surface area contributed by atoms with Gasteiger partial charge in [0.2, 0.25) is 5.91 Å². The quantitative estimate of drug-likeness (QED) is 0.832. The molecule has 0 spiro atoms.